The van der Waals surface area contributed by atoms with Crippen molar-refractivity contribution in [3.05, 3.63) is 18.2 Å². The summed E-state index contributed by atoms with van der Waals surface area (Å²) in [6.45, 7) is 10.5. The van der Waals surface area contributed by atoms with Crippen molar-refractivity contribution in [2.45, 2.75) is 37.5 Å². The molecular formula is C15H27IN3O3-. The summed E-state index contributed by atoms with van der Waals surface area (Å²) < 4.78 is 19.7. The Kier molecular flexibility index (Phi) is 8.68. The molecule has 0 N–H and O–H groups in total. The van der Waals surface area contributed by atoms with Gasteiger partial charge in [0, 0.05) is 0 Å². The summed E-state index contributed by atoms with van der Waals surface area (Å²) in [7, 11) is 0. The fourth-order valence-corrected chi connectivity index (χ4v) is 3.63. The number of alkyl halides is 1. The predicted octanol–water partition coefficient (Wildman–Crippen LogP) is -1.49. The second kappa shape index (κ2) is 10.5. The number of morpholine rings is 1. The van der Waals surface area contributed by atoms with Crippen LogP contribution in [0.5, 0.6) is 0 Å². The van der Waals surface area contributed by atoms with E-state index in [1.165, 1.54) is 0 Å². The van der Waals surface area contributed by atoms with Crippen LogP contribution in [0.3, 0.4) is 0 Å². The minimum atomic E-state index is -0.255. The number of rotatable bonds is 10. The number of imidazole rings is 1. The van der Waals surface area contributed by atoms with Gasteiger partial charge in [-0.05, 0) is 0 Å². The van der Waals surface area contributed by atoms with Crippen molar-refractivity contribution in [2.24, 2.45) is 0 Å². The molecule has 2 heterocycles. The van der Waals surface area contributed by atoms with Crippen LogP contribution in [-0.2, 0) is 23.7 Å². The van der Waals surface area contributed by atoms with Gasteiger partial charge in [-0.25, -0.2) is 0 Å². The monoisotopic (exact) mass is 424 g/mol. The molecule has 1 aliphatic rings. The summed E-state index contributed by atoms with van der Waals surface area (Å²) in [6.07, 6.45) is 5.28. The van der Waals surface area contributed by atoms with Gasteiger partial charge in [-0.15, -0.1) is 0 Å². The number of aromatic nitrogens is 2. The molecule has 1 aliphatic heterocycles. The molecule has 7 heteroatoms. The molecule has 22 heavy (non-hydrogen) atoms. The number of hydrogen-bond donors (Lipinski definition) is 0. The Morgan fingerprint density at radius 1 is 1.36 bits per heavy atom. The number of ether oxygens (including phenoxy) is 2. The summed E-state index contributed by atoms with van der Waals surface area (Å²) >= 11 is -0.255. The molecule has 0 unspecified atom stereocenters. The topological polar surface area (TPSA) is 48.8 Å². The Hall–Kier alpha value is -0.220. The normalized spacial score (nSPS) is 16.7. The van der Waals surface area contributed by atoms with Gasteiger partial charge >= 0.3 is 144 Å². The summed E-state index contributed by atoms with van der Waals surface area (Å²) in [5.41, 5.74) is 0.991. The molecule has 1 saturated heterocycles. The average molecular weight is 424 g/mol. The number of hydrogen-bond acceptors (Lipinski definition) is 5. The van der Waals surface area contributed by atoms with Crippen LogP contribution in [0.4, 0.5) is 0 Å². The molecule has 0 amide bonds. The number of nitrogens with zero attached hydrogens (tertiary/aromatic N) is 3. The molecule has 0 spiro atoms. The van der Waals surface area contributed by atoms with Gasteiger partial charge in [-0.1, -0.05) is 0 Å². The number of halogens is 1. The summed E-state index contributed by atoms with van der Waals surface area (Å²) in [4.78, 5) is 6.79. The van der Waals surface area contributed by atoms with Gasteiger partial charge in [0.05, 0.1) is 0 Å². The first-order valence-electron chi connectivity index (χ1n) is 7.87. The van der Waals surface area contributed by atoms with Crippen LogP contribution in [0.25, 0.3) is 0 Å². The summed E-state index contributed by atoms with van der Waals surface area (Å²) in [5, 5.41) is 0. The van der Waals surface area contributed by atoms with Crippen molar-refractivity contribution < 1.29 is 34.2 Å². The van der Waals surface area contributed by atoms with Crippen LogP contribution in [0.1, 0.15) is 26.0 Å². The zero-order valence-corrected chi connectivity index (χ0v) is 15.7. The van der Waals surface area contributed by atoms with Crippen molar-refractivity contribution in [2.75, 3.05) is 39.5 Å². The van der Waals surface area contributed by atoms with Crippen LogP contribution in [0.2, 0.25) is 0 Å². The van der Waals surface area contributed by atoms with Crippen LogP contribution >= 0.6 is 0 Å². The molecule has 0 aliphatic carbocycles. The Bertz CT molecular complexity index is 408. The Balaban J connectivity index is 1.49. The van der Waals surface area contributed by atoms with Gasteiger partial charge < -0.3 is 0 Å². The molecule has 0 atom stereocenters. The van der Waals surface area contributed by atoms with E-state index in [4.69, 9.17) is 12.5 Å². The van der Waals surface area contributed by atoms with Crippen molar-refractivity contribution in [3.63, 3.8) is 0 Å². The first-order chi connectivity index (χ1) is 10.7. The fourth-order valence-electron chi connectivity index (χ4n) is 2.11. The van der Waals surface area contributed by atoms with Crippen LogP contribution in [0, 0.1) is 0 Å². The second-order valence-corrected chi connectivity index (χ2v) is 7.52. The van der Waals surface area contributed by atoms with Gasteiger partial charge in [0.2, 0.25) is 0 Å². The van der Waals surface area contributed by atoms with Gasteiger partial charge in [0.25, 0.3) is 0 Å². The third-order valence-corrected chi connectivity index (χ3v) is 5.26. The van der Waals surface area contributed by atoms with E-state index < -0.39 is 0 Å². The van der Waals surface area contributed by atoms with E-state index in [-0.39, 0.29) is 27.7 Å². The standard InChI is InChI=1S/C15H27IN3O3/c1-14(2)21-11-15-10-19(13-17-15)12-16-22-7-3-4-18-5-8-20-9-6-18/h10,13-14H,3-9,11-12H2,1-2H3/q-1. The zero-order chi connectivity index (χ0) is 15.6. The van der Waals surface area contributed by atoms with E-state index in [9.17, 15) is 0 Å². The van der Waals surface area contributed by atoms with Gasteiger partial charge in [0.15, 0.2) is 0 Å². The molecule has 1 fully saturated rings. The molecule has 0 bridgehead atoms. The Morgan fingerprint density at radius 3 is 2.95 bits per heavy atom. The molecule has 0 saturated carbocycles. The predicted molar refractivity (Wildman–Crippen MR) is 80.0 cm³/mol. The van der Waals surface area contributed by atoms with Crippen LogP contribution in [0.15, 0.2) is 12.5 Å². The Morgan fingerprint density at radius 2 is 2.18 bits per heavy atom. The van der Waals surface area contributed by atoms with Gasteiger partial charge in [0.1, 0.15) is 0 Å². The van der Waals surface area contributed by atoms with E-state index >= 15 is 0 Å². The van der Waals surface area contributed by atoms with E-state index in [1.807, 2.05) is 20.2 Å². The SMILES string of the molecule is CC(C)OCc1cn(C[I-]OCCCN2CCOCC2)cn1. The molecule has 0 aromatic carbocycles. The zero-order valence-electron chi connectivity index (χ0n) is 13.5. The third kappa shape index (κ3) is 7.36. The van der Waals surface area contributed by atoms with E-state index in [1.54, 1.807) is 0 Å². The quantitative estimate of drug-likeness (QED) is 0.260. The van der Waals surface area contributed by atoms with Crippen molar-refractivity contribution in [1.82, 2.24) is 14.5 Å². The van der Waals surface area contributed by atoms with Crippen LogP contribution < -0.4 is 21.6 Å². The maximum atomic E-state index is 5.81. The second-order valence-electron chi connectivity index (χ2n) is 5.59. The fraction of sp³-hybridized carbons (Fsp3) is 0.800. The van der Waals surface area contributed by atoms with Crippen LogP contribution in [-0.4, -0.2) is 60.0 Å². The van der Waals surface area contributed by atoms with Crippen molar-refractivity contribution >= 4 is 0 Å². The van der Waals surface area contributed by atoms with E-state index in [0.717, 1.165) is 56.1 Å². The van der Waals surface area contributed by atoms with E-state index in [2.05, 4.69) is 20.6 Å². The molecule has 128 valence electrons. The first-order valence-corrected chi connectivity index (χ1v) is 10.3. The summed E-state index contributed by atoms with van der Waals surface area (Å²) in [6, 6.07) is 0. The molecule has 2 rings (SSSR count). The van der Waals surface area contributed by atoms with Gasteiger partial charge in [-0.2, -0.15) is 0 Å². The average Bonchev–Trinajstić information content (AvgIpc) is 2.97. The van der Waals surface area contributed by atoms with Crippen molar-refractivity contribution in [3.8, 4) is 0 Å². The van der Waals surface area contributed by atoms with Gasteiger partial charge in [-0.3, -0.25) is 0 Å². The third-order valence-electron chi connectivity index (χ3n) is 3.31. The minimum absolute atomic E-state index is 0.243. The molecule has 1 aromatic heterocycles. The molecule has 1 aromatic rings. The Labute approximate surface area is 143 Å². The van der Waals surface area contributed by atoms with Crippen molar-refractivity contribution in [1.29, 1.82) is 0 Å². The first kappa shape index (κ1) is 18.1. The van der Waals surface area contributed by atoms with E-state index in [0.29, 0.717) is 6.61 Å². The molecule has 6 nitrogen and oxygen atoms in total. The maximum absolute atomic E-state index is 5.81. The summed E-state index contributed by atoms with van der Waals surface area (Å²) in [5.74, 6) is 0. The molecular weight excluding hydrogens is 397 g/mol. The molecule has 0 radical (unpaired) electrons.